The molecule has 2 saturated heterocycles. The highest BCUT2D eigenvalue weighted by atomic mass is 16.5. The lowest BCUT2D eigenvalue weighted by atomic mass is 9.96. The molecule has 29 heavy (non-hydrogen) atoms. The normalized spacial score (nSPS) is 19.8. The van der Waals surface area contributed by atoms with Gasteiger partial charge in [-0.25, -0.2) is 4.98 Å². The minimum Gasteiger partial charge on any atom is -0.378 e. The largest absolute Gasteiger partial charge is 0.378 e. The number of pyridine rings is 1. The molecule has 0 aliphatic carbocycles. The summed E-state index contributed by atoms with van der Waals surface area (Å²) in [5.74, 6) is 0.657. The van der Waals surface area contributed by atoms with E-state index in [4.69, 9.17) is 4.74 Å². The van der Waals surface area contributed by atoms with Gasteiger partial charge in [0.05, 0.1) is 24.7 Å². The van der Waals surface area contributed by atoms with E-state index in [0.29, 0.717) is 31.9 Å². The first-order valence-corrected chi connectivity index (χ1v) is 11.1. The quantitative estimate of drug-likeness (QED) is 0.676. The molecule has 3 rings (SSSR count). The Kier molecular flexibility index (Phi) is 8.28. The Hall–Kier alpha value is -2.15. The van der Waals surface area contributed by atoms with Gasteiger partial charge in [-0.15, -0.1) is 0 Å². The van der Waals surface area contributed by atoms with E-state index in [-0.39, 0.29) is 17.7 Å². The van der Waals surface area contributed by atoms with Crippen molar-refractivity contribution in [3.05, 3.63) is 23.9 Å². The molecule has 160 valence electrons. The maximum atomic E-state index is 13.3. The van der Waals surface area contributed by atoms with Crippen LogP contribution in [0.5, 0.6) is 0 Å². The van der Waals surface area contributed by atoms with Gasteiger partial charge in [-0.3, -0.25) is 9.59 Å². The second-order valence-electron chi connectivity index (χ2n) is 7.92. The van der Waals surface area contributed by atoms with Crippen LogP contribution in [0.15, 0.2) is 18.3 Å². The Labute approximate surface area is 173 Å². The van der Waals surface area contributed by atoms with Crippen LogP contribution in [0.2, 0.25) is 0 Å². The molecule has 0 aromatic carbocycles. The summed E-state index contributed by atoms with van der Waals surface area (Å²) in [6.07, 6.45) is 7.99. The van der Waals surface area contributed by atoms with Gasteiger partial charge in [-0.1, -0.05) is 26.2 Å². The maximum absolute atomic E-state index is 13.3. The van der Waals surface area contributed by atoms with Gasteiger partial charge in [0.15, 0.2) is 0 Å². The SMILES string of the molecule is CCCCCCNC(=O)C1CCCN(C(=O)c2cccnc2N2CCOCC2)C1. The van der Waals surface area contributed by atoms with Gasteiger partial charge in [-0.05, 0) is 31.4 Å². The first-order valence-electron chi connectivity index (χ1n) is 11.1. The lowest BCUT2D eigenvalue weighted by molar-refractivity contribution is -0.126. The summed E-state index contributed by atoms with van der Waals surface area (Å²) in [5, 5.41) is 3.06. The van der Waals surface area contributed by atoms with Crippen molar-refractivity contribution in [2.24, 2.45) is 5.92 Å². The van der Waals surface area contributed by atoms with Crippen LogP contribution in [0, 0.1) is 5.92 Å². The summed E-state index contributed by atoms with van der Waals surface area (Å²) in [6.45, 7) is 6.85. The highest BCUT2D eigenvalue weighted by molar-refractivity contribution is 5.99. The van der Waals surface area contributed by atoms with E-state index in [1.807, 2.05) is 17.0 Å². The van der Waals surface area contributed by atoms with Gasteiger partial charge in [0.2, 0.25) is 5.91 Å². The highest BCUT2D eigenvalue weighted by Gasteiger charge is 2.30. The summed E-state index contributed by atoms with van der Waals surface area (Å²) in [6, 6.07) is 3.65. The number of piperidine rings is 1. The summed E-state index contributed by atoms with van der Waals surface area (Å²) in [5.41, 5.74) is 0.620. The predicted octanol–water partition coefficient (Wildman–Crippen LogP) is 2.47. The van der Waals surface area contributed by atoms with Gasteiger partial charge in [0.1, 0.15) is 5.82 Å². The number of nitrogens with zero attached hydrogens (tertiary/aromatic N) is 3. The molecule has 2 aliphatic heterocycles. The third-order valence-electron chi connectivity index (χ3n) is 5.74. The fraction of sp³-hybridized carbons (Fsp3) is 0.682. The standard InChI is InChI=1S/C22H34N4O3/c1-2-3-4-5-10-24-21(27)18-8-7-12-26(17-18)22(28)19-9-6-11-23-20(19)25-13-15-29-16-14-25/h6,9,11,18H,2-5,7-8,10,12-17H2,1H3,(H,24,27). The number of rotatable bonds is 8. The fourth-order valence-electron chi connectivity index (χ4n) is 4.04. The molecule has 0 saturated carbocycles. The number of nitrogens with one attached hydrogen (secondary N) is 1. The number of aromatic nitrogens is 1. The molecule has 0 bridgehead atoms. The third kappa shape index (κ3) is 5.92. The Morgan fingerprint density at radius 3 is 2.83 bits per heavy atom. The van der Waals surface area contributed by atoms with Crippen LogP contribution in [0.4, 0.5) is 5.82 Å². The topological polar surface area (TPSA) is 74.8 Å². The van der Waals surface area contributed by atoms with Gasteiger partial charge < -0.3 is 19.9 Å². The Morgan fingerprint density at radius 2 is 2.03 bits per heavy atom. The van der Waals surface area contributed by atoms with E-state index in [9.17, 15) is 9.59 Å². The zero-order chi connectivity index (χ0) is 20.5. The van der Waals surface area contributed by atoms with Gasteiger partial charge in [0.25, 0.3) is 5.91 Å². The minimum atomic E-state index is -0.123. The average Bonchev–Trinajstić information content (AvgIpc) is 2.79. The second-order valence-corrected chi connectivity index (χ2v) is 7.92. The Morgan fingerprint density at radius 1 is 1.21 bits per heavy atom. The van der Waals surface area contributed by atoms with Crippen LogP contribution in [0.25, 0.3) is 0 Å². The lowest BCUT2D eigenvalue weighted by Crippen LogP contribution is -2.46. The van der Waals surface area contributed by atoms with Crippen molar-refractivity contribution < 1.29 is 14.3 Å². The van der Waals surface area contributed by atoms with E-state index in [1.165, 1.54) is 12.8 Å². The first kappa shape index (κ1) is 21.6. The van der Waals surface area contributed by atoms with Crippen LogP contribution < -0.4 is 10.2 Å². The number of unbranched alkanes of at least 4 members (excludes halogenated alkanes) is 3. The molecule has 1 aromatic rings. The number of ether oxygens (including phenoxy) is 1. The van der Waals surface area contributed by atoms with E-state index < -0.39 is 0 Å². The van der Waals surface area contributed by atoms with Gasteiger partial charge >= 0.3 is 0 Å². The Bertz CT molecular complexity index is 676. The number of anilines is 1. The maximum Gasteiger partial charge on any atom is 0.257 e. The number of hydrogen-bond donors (Lipinski definition) is 1. The molecule has 7 heteroatoms. The van der Waals surface area contributed by atoms with Gasteiger partial charge in [-0.2, -0.15) is 0 Å². The summed E-state index contributed by atoms with van der Waals surface area (Å²) >= 11 is 0. The molecule has 0 radical (unpaired) electrons. The molecular weight excluding hydrogens is 368 g/mol. The third-order valence-corrected chi connectivity index (χ3v) is 5.74. The van der Waals surface area contributed by atoms with Crippen molar-refractivity contribution in [1.29, 1.82) is 0 Å². The molecular formula is C22H34N4O3. The number of likely N-dealkylation sites (tertiary alicyclic amines) is 1. The molecule has 2 amide bonds. The molecule has 1 N–H and O–H groups in total. The molecule has 2 aliphatic rings. The van der Waals surface area contributed by atoms with Crippen LogP contribution >= 0.6 is 0 Å². The fourth-order valence-corrected chi connectivity index (χ4v) is 4.04. The van der Waals surface area contributed by atoms with Crippen molar-refractivity contribution in [2.75, 3.05) is 50.8 Å². The van der Waals surface area contributed by atoms with E-state index >= 15 is 0 Å². The average molecular weight is 403 g/mol. The molecule has 2 fully saturated rings. The van der Waals surface area contributed by atoms with Crippen molar-refractivity contribution >= 4 is 17.6 Å². The molecule has 7 nitrogen and oxygen atoms in total. The van der Waals surface area contributed by atoms with Crippen molar-refractivity contribution in [3.63, 3.8) is 0 Å². The lowest BCUT2D eigenvalue weighted by Gasteiger charge is -2.34. The van der Waals surface area contributed by atoms with E-state index in [0.717, 1.165) is 51.1 Å². The molecule has 0 spiro atoms. The zero-order valence-corrected chi connectivity index (χ0v) is 17.6. The monoisotopic (exact) mass is 402 g/mol. The number of carbonyl (C=O) groups is 2. The van der Waals surface area contributed by atoms with Crippen molar-refractivity contribution in [3.8, 4) is 0 Å². The smallest absolute Gasteiger partial charge is 0.257 e. The molecule has 1 aromatic heterocycles. The van der Waals surface area contributed by atoms with E-state index in [1.54, 1.807) is 6.20 Å². The predicted molar refractivity (Wildman–Crippen MR) is 113 cm³/mol. The second kappa shape index (κ2) is 11.1. The van der Waals surface area contributed by atoms with Gasteiger partial charge in [0, 0.05) is 38.9 Å². The number of morpholine rings is 1. The zero-order valence-electron chi connectivity index (χ0n) is 17.6. The molecule has 3 heterocycles. The first-order chi connectivity index (χ1) is 14.2. The number of amides is 2. The highest BCUT2D eigenvalue weighted by Crippen LogP contribution is 2.24. The van der Waals surface area contributed by atoms with Crippen LogP contribution in [0.1, 0.15) is 55.8 Å². The summed E-state index contributed by atoms with van der Waals surface area (Å²) < 4.78 is 5.42. The van der Waals surface area contributed by atoms with Crippen LogP contribution in [-0.4, -0.2) is 67.6 Å². The van der Waals surface area contributed by atoms with E-state index in [2.05, 4.69) is 22.1 Å². The van der Waals surface area contributed by atoms with Crippen LogP contribution in [0.3, 0.4) is 0 Å². The number of hydrogen-bond acceptors (Lipinski definition) is 5. The Balaban J connectivity index is 1.59. The van der Waals surface area contributed by atoms with Crippen LogP contribution in [-0.2, 0) is 9.53 Å². The summed E-state index contributed by atoms with van der Waals surface area (Å²) in [4.78, 5) is 34.2. The molecule has 1 atom stereocenters. The van der Waals surface area contributed by atoms with Crippen molar-refractivity contribution in [2.45, 2.75) is 45.4 Å². The molecule has 1 unspecified atom stereocenters. The minimum absolute atomic E-state index is 0.0277. The summed E-state index contributed by atoms with van der Waals surface area (Å²) in [7, 11) is 0. The number of carbonyl (C=O) groups excluding carboxylic acids is 2. The van der Waals surface area contributed by atoms with Crippen molar-refractivity contribution in [1.82, 2.24) is 15.2 Å².